The van der Waals surface area contributed by atoms with Crippen molar-refractivity contribution in [1.29, 1.82) is 0 Å². The van der Waals surface area contributed by atoms with Gasteiger partial charge >= 0.3 is 0 Å². The molecule has 6 heteroatoms. The first-order valence-electron chi connectivity index (χ1n) is 9.72. The molecule has 1 aliphatic heterocycles. The number of ether oxygens (including phenoxy) is 1. The molecular weight excluding hydrogens is 376 g/mol. The quantitative estimate of drug-likeness (QED) is 0.792. The topological polar surface area (TPSA) is 58.6 Å². The Morgan fingerprint density at radius 3 is 2.25 bits per heavy atom. The number of carbonyl (C=O) groups excluding carboxylic acids is 2. The minimum atomic E-state index is -0.0534. The molecular formula is C22H23ClN2O3. The van der Waals surface area contributed by atoms with Gasteiger partial charge in [0.25, 0.3) is 0 Å². The fourth-order valence-electron chi connectivity index (χ4n) is 3.46. The summed E-state index contributed by atoms with van der Waals surface area (Å²) in [7, 11) is 0. The molecule has 1 saturated heterocycles. The van der Waals surface area contributed by atoms with E-state index in [-0.39, 0.29) is 23.7 Å². The van der Waals surface area contributed by atoms with Gasteiger partial charge in [-0.3, -0.25) is 9.59 Å². The lowest BCUT2D eigenvalue weighted by atomic mass is 9.95. The highest BCUT2D eigenvalue weighted by atomic mass is 35.5. The molecule has 2 aromatic carbocycles. The molecule has 5 nitrogen and oxygen atoms in total. The number of rotatable bonds is 5. The summed E-state index contributed by atoms with van der Waals surface area (Å²) in [4.78, 5) is 26.6. The monoisotopic (exact) mass is 398 g/mol. The molecule has 2 fully saturated rings. The van der Waals surface area contributed by atoms with E-state index in [1.807, 2.05) is 29.2 Å². The third-order valence-corrected chi connectivity index (χ3v) is 5.60. The van der Waals surface area contributed by atoms with E-state index in [1.54, 1.807) is 24.3 Å². The Morgan fingerprint density at radius 2 is 1.61 bits per heavy atom. The standard InChI is InChI=1S/C22H23ClN2O3/c23-19-3-1-2-4-20(19)28-18-9-7-17(8-10-18)24-21(26)15-11-13-25(14-12-15)22(27)16-5-6-16/h1-4,7-10,15-16H,5-6,11-14H2,(H,24,26). The van der Waals surface area contributed by atoms with Gasteiger partial charge in [-0.15, -0.1) is 0 Å². The predicted molar refractivity (Wildman–Crippen MR) is 109 cm³/mol. The summed E-state index contributed by atoms with van der Waals surface area (Å²) in [5.41, 5.74) is 0.730. The Hall–Kier alpha value is -2.53. The van der Waals surface area contributed by atoms with Crippen LogP contribution in [0.15, 0.2) is 48.5 Å². The number of piperidine rings is 1. The van der Waals surface area contributed by atoms with E-state index in [9.17, 15) is 9.59 Å². The molecule has 4 rings (SSSR count). The first-order valence-corrected chi connectivity index (χ1v) is 10.1. The smallest absolute Gasteiger partial charge is 0.227 e. The van der Waals surface area contributed by atoms with Crippen LogP contribution in [0.5, 0.6) is 11.5 Å². The lowest BCUT2D eigenvalue weighted by Crippen LogP contribution is -2.42. The highest BCUT2D eigenvalue weighted by Crippen LogP contribution is 2.33. The van der Waals surface area contributed by atoms with E-state index < -0.39 is 0 Å². The molecule has 0 aromatic heterocycles. The van der Waals surface area contributed by atoms with Gasteiger partial charge in [0.15, 0.2) is 0 Å². The largest absolute Gasteiger partial charge is 0.456 e. The summed E-state index contributed by atoms with van der Waals surface area (Å²) < 4.78 is 5.76. The van der Waals surface area contributed by atoms with Crippen LogP contribution in [0.2, 0.25) is 5.02 Å². The zero-order chi connectivity index (χ0) is 19.5. The van der Waals surface area contributed by atoms with Gasteiger partial charge in [0, 0.05) is 30.6 Å². The number of nitrogens with zero attached hydrogens (tertiary/aromatic N) is 1. The fourth-order valence-corrected chi connectivity index (χ4v) is 3.63. The molecule has 0 bridgehead atoms. The van der Waals surface area contributed by atoms with Crippen LogP contribution in [0, 0.1) is 11.8 Å². The van der Waals surface area contributed by atoms with Crippen molar-refractivity contribution in [2.45, 2.75) is 25.7 Å². The number of hydrogen-bond acceptors (Lipinski definition) is 3. The van der Waals surface area contributed by atoms with Gasteiger partial charge in [-0.25, -0.2) is 0 Å². The SMILES string of the molecule is O=C(Nc1ccc(Oc2ccccc2Cl)cc1)C1CCN(C(=O)C2CC2)CC1. The van der Waals surface area contributed by atoms with Crippen LogP contribution in [-0.4, -0.2) is 29.8 Å². The van der Waals surface area contributed by atoms with Crippen molar-refractivity contribution in [3.8, 4) is 11.5 Å². The summed E-state index contributed by atoms with van der Waals surface area (Å²) in [6, 6.07) is 14.5. The molecule has 146 valence electrons. The van der Waals surface area contributed by atoms with E-state index in [0.717, 1.165) is 31.4 Å². The minimum absolute atomic E-state index is 0.0123. The maximum Gasteiger partial charge on any atom is 0.227 e. The highest BCUT2D eigenvalue weighted by Gasteiger charge is 2.35. The molecule has 28 heavy (non-hydrogen) atoms. The van der Waals surface area contributed by atoms with E-state index >= 15 is 0 Å². The second-order valence-electron chi connectivity index (χ2n) is 7.42. The summed E-state index contributed by atoms with van der Waals surface area (Å²) >= 11 is 6.10. The van der Waals surface area contributed by atoms with Crippen molar-refractivity contribution < 1.29 is 14.3 Å². The number of anilines is 1. The van der Waals surface area contributed by atoms with Crippen LogP contribution < -0.4 is 10.1 Å². The Balaban J connectivity index is 1.29. The highest BCUT2D eigenvalue weighted by molar-refractivity contribution is 6.32. The minimum Gasteiger partial charge on any atom is -0.456 e. The molecule has 2 aromatic rings. The van der Waals surface area contributed by atoms with Crippen LogP contribution in [0.1, 0.15) is 25.7 Å². The van der Waals surface area contributed by atoms with Crippen LogP contribution in [0.3, 0.4) is 0 Å². The Bertz CT molecular complexity index is 856. The molecule has 2 amide bonds. The zero-order valence-corrected chi connectivity index (χ0v) is 16.3. The summed E-state index contributed by atoms with van der Waals surface area (Å²) in [6.45, 7) is 1.36. The third-order valence-electron chi connectivity index (χ3n) is 5.29. The number of hydrogen-bond donors (Lipinski definition) is 1. The average Bonchev–Trinajstić information content (AvgIpc) is 3.56. The van der Waals surface area contributed by atoms with Gasteiger partial charge < -0.3 is 15.0 Å². The van der Waals surface area contributed by atoms with Gasteiger partial charge in [-0.1, -0.05) is 23.7 Å². The second kappa shape index (κ2) is 8.23. The van der Waals surface area contributed by atoms with Crippen molar-refractivity contribution in [1.82, 2.24) is 4.90 Å². The maximum absolute atomic E-state index is 12.5. The molecule has 0 unspecified atom stereocenters. The van der Waals surface area contributed by atoms with Crippen molar-refractivity contribution >= 4 is 29.1 Å². The molecule has 0 spiro atoms. The van der Waals surface area contributed by atoms with E-state index in [4.69, 9.17) is 16.3 Å². The molecule has 0 radical (unpaired) electrons. The van der Waals surface area contributed by atoms with Crippen molar-refractivity contribution in [2.24, 2.45) is 11.8 Å². The van der Waals surface area contributed by atoms with Gasteiger partial charge in [0.2, 0.25) is 11.8 Å². The van der Waals surface area contributed by atoms with Gasteiger partial charge in [-0.05, 0) is 62.1 Å². The van der Waals surface area contributed by atoms with Crippen molar-refractivity contribution in [3.63, 3.8) is 0 Å². The predicted octanol–water partition coefficient (Wildman–Crippen LogP) is 4.72. The molecule has 0 atom stereocenters. The number of amides is 2. The zero-order valence-electron chi connectivity index (χ0n) is 15.6. The first kappa shape index (κ1) is 18.8. The third kappa shape index (κ3) is 4.47. The van der Waals surface area contributed by atoms with Gasteiger partial charge in [-0.2, -0.15) is 0 Å². The van der Waals surface area contributed by atoms with Gasteiger partial charge in [0.1, 0.15) is 11.5 Å². The average molecular weight is 399 g/mol. The van der Waals surface area contributed by atoms with Crippen molar-refractivity contribution in [3.05, 3.63) is 53.6 Å². The van der Waals surface area contributed by atoms with E-state index in [0.29, 0.717) is 29.6 Å². The summed E-state index contributed by atoms with van der Waals surface area (Å²) in [5.74, 6) is 1.72. The number of carbonyl (C=O) groups is 2. The number of nitrogens with one attached hydrogen (secondary N) is 1. The molecule has 1 N–H and O–H groups in total. The molecule has 2 aliphatic rings. The summed E-state index contributed by atoms with van der Waals surface area (Å²) in [6.07, 6.45) is 3.49. The normalized spacial score (nSPS) is 17.2. The lowest BCUT2D eigenvalue weighted by Gasteiger charge is -2.31. The van der Waals surface area contributed by atoms with Gasteiger partial charge in [0.05, 0.1) is 5.02 Å². The van der Waals surface area contributed by atoms with Crippen LogP contribution in [0.4, 0.5) is 5.69 Å². The van der Waals surface area contributed by atoms with Crippen LogP contribution >= 0.6 is 11.6 Å². The summed E-state index contributed by atoms with van der Waals surface area (Å²) in [5, 5.41) is 3.52. The van der Waals surface area contributed by atoms with Crippen molar-refractivity contribution in [2.75, 3.05) is 18.4 Å². The molecule has 1 saturated carbocycles. The number of para-hydroxylation sites is 1. The Morgan fingerprint density at radius 1 is 0.929 bits per heavy atom. The molecule has 1 heterocycles. The number of benzene rings is 2. The number of likely N-dealkylation sites (tertiary alicyclic amines) is 1. The second-order valence-corrected chi connectivity index (χ2v) is 7.83. The Labute approximate surface area is 169 Å². The first-order chi connectivity index (χ1) is 13.6. The number of halogens is 1. The molecule has 1 aliphatic carbocycles. The lowest BCUT2D eigenvalue weighted by molar-refractivity contribution is -0.135. The fraction of sp³-hybridized carbons (Fsp3) is 0.364. The van der Waals surface area contributed by atoms with E-state index in [2.05, 4.69) is 5.32 Å². The van der Waals surface area contributed by atoms with Crippen LogP contribution in [-0.2, 0) is 9.59 Å². The maximum atomic E-state index is 12.5. The van der Waals surface area contributed by atoms with E-state index in [1.165, 1.54) is 0 Å². The Kier molecular flexibility index (Phi) is 5.53. The van der Waals surface area contributed by atoms with Crippen LogP contribution in [0.25, 0.3) is 0 Å².